The number of carbonyl (C=O) groups excluding carboxylic acids is 4. The van der Waals surface area contributed by atoms with Crippen LogP contribution in [0.5, 0.6) is 0 Å². The van der Waals surface area contributed by atoms with Gasteiger partial charge in [0, 0.05) is 43.4 Å². The first-order valence-electron chi connectivity index (χ1n) is 4.06. The molecule has 0 bridgehead atoms. The van der Waals surface area contributed by atoms with Gasteiger partial charge in [-0.3, -0.25) is 9.59 Å². The molecule has 0 aromatic heterocycles. The molecule has 0 aromatic carbocycles. The predicted molar refractivity (Wildman–Crippen MR) is 51.3 cm³/mol. The fraction of sp³-hybridized carbons (Fsp3) is 0.500. The smallest absolute Gasteiger partial charge is 0.345 e. The van der Waals surface area contributed by atoms with Gasteiger partial charge >= 0.3 is 23.9 Å². The van der Waals surface area contributed by atoms with Crippen LogP contribution in [0.1, 0.15) is 13.8 Å². The molecule has 0 aliphatic heterocycles. The van der Waals surface area contributed by atoms with Crippen LogP contribution in [0.25, 0.3) is 0 Å². The van der Waals surface area contributed by atoms with Crippen molar-refractivity contribution in [1.29, 1.82) is 0 Å². The topological polar surface area (TPSA) is 127 Å². The Morgan fingerprint density at radius 1 is 0.824 bits per heavy atom. The SMILES string of the molecule is CC(=O)OC(=O)C(O)C(O)C(=O)OC(C)=O.[Na]. The number of carbonyl (C=O) groups is 4. The Bertz CT molecular complexity index is 293. The summed E-state index contributed by atoms with van der Waals surface area (Å²) in [5, 5.41) is 18.1. The third-order valence-corrected chi connectivity index (χ3v) is 1.27. The van der Waals surface area contributed by atoms with Crippen molar-refractivity contribution in [1.82, 2.24) is 0 Å². The summed E-state index contributed by atoms with van der Waals surface area (Å²) in [4.78, 5) is 42.3. The van der Waals surface area contributed by atoms with E-state index >= 15 is 0 Å². The fourth-order valence-corrected chi connectivity index (χ4v) is 0.662. The van der Waals surface area contributed by atoms with E-state index in [0.29, 0.717) is 0 Å². The first-order chi connectivity index (χ1) is 7.25. The van der Waals surface area contributed by atoms with E-state index in [2.05, 4.69) is 9.47 Å². The standard InChI is InChI=1S/C8H10O8.Na/c1-3(9)15-7(13)5(11)6(12)8(14)16-4(2)10;/h5-6,11-12H,1-2H3;. The maximum absolute atomic E-state index is 10.8. The van der Waals surface area contributed by atoms with E-state index in [0.717, 1.165) is 13.8 Å². The van der Waals surface area contributed by atoms with E-state index < -0.39 is 36.1 Å². The summed E-state index contributed by atoms with van der Waals surface area (Å²) in [5.74, 6) is -5.06. The normalized spacial score (nSPS) is 12.7. The Hall–Kier alpha value is -0.800. The molecule has 91 valence electrons. The first kappa shape index (κ1) is 18.6. The molecule has 8 nitrogen and oxygen atoms in total. The van der Waals surface area contributed by atoms with Crippen molar-refractivity contribution in [3.05, 3.63) is 0 Å². The van der Waals surface area contributed by atoms with Crippen LogP contribution < -0.4 is 0 Å². The summed E-state index contributed by atoms with van der Waals surface area (Å²) in [5.41, 5.74) is 0. The molecule has 0 spiro atoms. The van der Waals surface area contributed by atoms with E-state index in [1.54, 1.807) is 0 Å². The van der Waals surface area contributed by atoms with Gasteiger partial charge in [0.1, 0.15) is 0 Å². The first-order valence-corrected chi connectivity index (χ1v) is 4.06. The summed E-state index contributed by atoms with van der Waals surface area (Å²) in [6.45, 7) is 1.79. The van der Waals surface area contributed by atoms with Gasteiger partial charge in [0.05, 0.1) is 0 Å². The Labute approximate surface area is 118 Å². The van der Waals surface area contributed by atoms with Gasteiger partial charge < -0.3 is 19.7 Å². The Morgan fingerprint density at radius 2 is 1.06 bits per heavy atom. The van der Waals surface area contributed by atoms with Gasteiger partial charge in [-0.2, -0.15) is 0 Å². The van der Waals surface area contributed by atoms with Crippen LogP contribution in [-0.4, -0.2) is 75.9 Å². The van der Waals surface area contributed by atoms with Crippen LogP contribution in [0.4, 0.5) is 0 Å². The van der Waals surface area contributed by atoms with Crippen LogP contribution in [0.15, 0.2) is 0 Å². The molecule has 9 heteroatoms. The molecule has 0 saturated heterocycles. The molecule has 0 saturated carbocycles. The molecule has 0 fully saturated rings. The molecule has 2 atom stereocenters. The zero-order valence-electron chi connectivity index (χ0n) is 9.50. The molecular weight excluding hydrogens is 247 g/mol. The van der Waals surface area contributed by atoms with E-state index in [1.807, 2.05) is 0 Å². The molecule has 0 aliphatic rings. The molecule has 0 heterocycles. The second kappa shape index (κ2) is 8.31. The van der Waals surface area contributed by atoms with Crippen LogP contribution in [-0.2, 0) is 28.7 Å². The number of ether oxygens (including phenoxy) is 2. The van der Waals surface area contributed by atoms with E-state index in [-0.39, 0.29) is 29.6 Å². The number of aliphatic hydroxyl groups excluding tert-OH is 2. The number of aliphatic hydroxyl groups is 2. The summed E-state index contributed by atoms with van der Waals surface area (Å²) in [6, 6.07) is 0. The maximum atomic E-state index is 10.8. The van der Waals surface area contributed by atoms with Gasteiger partial charge in [-0.15, -0.1) is 0 Å². The Balaban J connectivity index is 0. The van der Waals surface area contributed by atoms with Crippen molar-refractivity contribution >= 4 is 53.4 Å². The van der Waals surface area contributed by atoms with Crippen LogP contribution in [0.3, 0.4) is 0 Å². The number of hydrogen-bond acceptors (Lipinski definition) is 8. The zero-order chi connectivity index (χ0) is 12.9. The third-order valence-electron chi connectivity index (χ3n) is 1.27. The van der Waals surface area contributed by atoms with E-state index in [9.17, 15) is 19.2 Å². The molecule has 0 aromatic rings. The average Bonchev–Trinajstić information content (AvgIpc) is 2.13. The monoisotopic (exact) mass is 257 g/mol. The van der Waals surface area contributed by atoms with E-state index in [1.165, 1.54) is 0 Å². The van der Waals surface area contributed by atoms with Gasteiger partial charge in [-0.05, 0) is 0 Å². The summed E-state index contributed by atoms with van der Waals surface area (Å²) in [7, 11) is 0. The third kappa shape index (κ3) is 7.18. The van der Waals surface area contributed by atoms with Crippen LogP contribution in [0, 0.1) is 0 Å². The van der Waals surface area contributed by atoms with E-state index in [4.69, 9.17) is 10.2 Å². The molecule has 0 rings (SSSR count). The second-order valence-electron chi connectivity index (χ2n) is 2.72. The van der Waals surface area contributed by atoms with Crippen molar-refractivity contribution in [3.8, 4) is 0 Å². The zero-order valence-corrected chi connectivity index (χ0v) is 11.5. The van der Waals surface area contributed by atoms with Crippen LogP contribution in [0.2, 0.25) is 0 Å². The van der Waals surface area contributed by atoms with Crippen molar-refractivity contribution in [2.75, 3.05) is 0 Å². The quantitative estimate of drug-likeness (QED) is 0.323. The van der Waals surface area contributed by atoms with Crippen molar-refractivity contribution < 1.29 is 38.9 Å². The van der Waals surface area contributed by atoms with Gasteiger partial charge in [0.15, 0.2) is 12.2 Å². The minimum absolute atomic E-state index is 0. The fourth-order valence-electron chi connectivity index (χ4n) is 0.662. The minimum Gasteiger partial charge on any atom is -0.391 e. The van der Waals surface area contributed by atoms with Gasteiger partial charge in [-0.25, -0.2) is 9.59 Å². The number of rotatable bonds is 3. The van der Waals surface area contributed by atoms with Gasteiger partial charge in [0.25, 0.3) is 0 Å². The molecule has 17 heavy (non-hydrogen) atoms. The summed E-state index contributed by atoms with van der Waals surface area (Å²) in [6.07, 6.45) is -4.59. The summed E-state index contributed by atoms with van der Waals surface area (Å²) < 4.78 is 7.82. The number of esters is 4. The second-order valence-corrected chi connectivity index (χ2v) is 2.72. The molecule has 2 N–H and O–H groups in total. The maximum Gasteiger partial charge on any atom is 0.345 e. The molecule has 0 aliphatic carbocycles. The Kier molecular flexibility index (Phi) is 9.08. The largest absolute Gasteiger partial charge is 0.391 e. The van der Waals surface area contributed by atoms with Gasteiger partial charge in [0.2, 0.25) is 0 Å². The van der Waals surface area contributed by atoms with Crippen molar-refractivity contribution in [3.63, 3.8) is 0 Å². The van der Waals surface area contributed by atoms with Crippen molar-refractivity contribution in [2.24, 2.45) is 0 Å². The van der Waals surface area contributed by atoms with Gasteiger partial charge in [-0.1, -0.05) is 0 Å². The van der Waals surface area contributed by atoms with Crippen LogP contribution >= 0.6 is 0 Å². The average molecular weight is 257 g/mol. The molecule has 0 amide bonds. The Morgan fingerprint density at radius 3 is 1.24 bits per heavy atom. The summed E-state index contributed by atoms with van der Waals surface area (Å²) >= 11 is 0. The predicted octanol–water partition coefficient (Wildman–Crippen LogP) is -2.49. The molecule has 2 unspecified atom stereocenters. The molecular formula is C8H10NaO8. The molecule has 1 radical (unpaired) electrons. The number of hydrogen-bond donors (Lipinski definition) is 2. The van der Waals surface area contributed by atoms with Crippen molar-refractivity contribution in [2.45, 2.75) is 26.1 Å². The minimum atomic E-state index is -2.30.